The van der Waals surface area contributed by atoms with E-state index in [1.807, 2.05) is 0 Å². The highest BCUT2D eigenvalue weighted by Gasteiger charge is 2.35. The summed E-state index contributed by atoms with van der Waals surface area (Å²) in [5, 5.41) is 0. The van der Waals surface area contributed by atoms with E-state index in [1.165, 1.54) is 0 Å². The lowest BCUT2D eigenvalue weighted by molar-refractivity contribution is -0.0807. The summed E-state index contributed by atoms with van der Waals surface area (Å²) in [4.78, 5) is 3.71. The third kappa shape index (κ3) is 2.92. The third-order valence-electron chi connectivity index (χ3n) is 1.70. The number of para-hydroxylation sites is 1. The number of aromatic nitrogens is 1. The highest BCUT2D eigenvalue weighted by atomic mass is 32.3. The van der Waals surface area contributed by atoms with Crippen molar-refractivity contribution < 1.29 is 21.4 Å². The monoisotopic (exact) mass is 297 g/mol. The number of benzene rings is 1. The average molecular weight is 297 g/mol. The molecule has 0 aliphatic rings. The van der Waals surface area contributed by atoms with Gasteiger partial charge >= 0.3 is 15.6 Å². The molecule has 9 heteroatoms. The molecule has 1 aromatic heterocycles. The molecule has 1 heterocycles. The minimum Gasteiger partial charge on any atom is -0.223 e. The van der Waals surface area contributed by atoms with E-state index < -0.39 is 19.9 Å². The lowest BCUT2D eigenvalue weighted by Crippen LogP contribution is -2.18. The summed E-state index contributed by atoms with van der Waals surface area (Å²) in [5.41, 5.74) is -3.65. The van der Waals surface area contributed by atoms with Gasteiger partial charge in [0.25, 0.3) is 0 Å². The first-order valence-electron chi connectivity index (χ1n) is 4.19. The Bertz CT molecular complexity index is 614. The van der Waals surface area contributed by atoms with Gasteiger partial charge in [-0.3, -0.25) is 0 Å². The molecule has 0 N–H and O–H groups in total. The van der Waals surface area contributed by atoms with Crippen LogP contribution < -0.4 is 0 Å². The fraction of sp³-hybridized carbons (Fsp3) is 0.125. The summed E-state index contributed by atoms with van der Waals surface area (Å²) >= 11 is 3.46. The predicted octanol–water partition coefficient (Wildman–Crippen LogP) is 2.48. The SMILES string of the molecule is O=S(=O)(OC(F)(F)S)c1nc2ccccc2s1. The zero-order valence-corrected chi connectivity index (χ0v) is 10.5. The second-order valence-corrected chi connectivity index (χ2v) is 6.24. The standard InChI is InChI=1S/C8H5F2NO3S3/c9-8(10,15)14-17(12,13)7-11-5-3-1-2-4-6(5)16-7/h1-4,15H. The molecule has 0 atom stereocenters. The maximum Gasteiger partial charge on any atom is 0.419 e. The molecule has 0 fully saturated rings. The normalized spacial score (nSPS) is 13.1. The molecular formula is C8H5F2NO3S3. The molecule has 0 saturated carbocycles. The van der Waals surface area contributed by atoms with E-state index in [9.17, 15) is 17.2 Å². The molecule has 0 saturated heterocycles. The van der Waals surface area contributed by atoms with Crippen LogP contribution in [0.1, 0.15) is 0 Å². The fourth-order valence-electron chi connectivity index (χ4n) is 1.13. The smallest absolute Gasteiger partial charge is 0.223 e. The zero-order valence-electron chi connectivity index (χ0n) is 8.00. The van der Waals surface area contributed by atoms with E-state index in [1.54, 1.807) is 24.3 Å². The van der Waals surface area contributed by atoms with Crippen molar-refractivity contribution in [2.45, 2.75) is 9.78 Å². The third-order valence-corrected chi connectivity index (χ3v) is 4.55. The quantitative estimate of drug-likeness (QED) is 0.537. The highest BCUT2D eigenvalue weighted by molar-refractivity contribution is 7.90. The average Bonchev–Trinajstić information content (AvgIpc) is 2.57. The molecule has 0 bridgehead atoms. The highest BCUT2D eigenvalue weighted by Crippen LogP contribution is 2.30. The minimum absolute atomic E-state index is 0.405. The molecule has 2 rings (SSSR count). The second kappa shape index (κ2) is 4.16. The number of nitrogens with zero attached hydrogens (tertiary/aromatic N) is 1. The van der Waals surface area contributed by atoms with Gasteiger partial charge < -0.3 is 0 Å². The van der Waals surface area contributed by atoms with Gasteiger partial charge in [0.05, 0.1) is 10.2 Å². The van der Waals surface area contributed by atoms with E-state index in [0.29, 0.717) is 10.2 Å². The Morgan fingerprint density at radius 1 is 1.35 bits per heavy atom. The van der Waals surface area contributed by atoms with E-state index in [-0.39, 0.29) is 0 Å². The van der Waals surface area contributed by atoms with Gasteiger partial charge in [0.2, 0.25) is 4.34 Å². The Morgan fingerprint density at radius 3 is 2.59 bits per heavy atom. The molecule has 0 aliphatic carbocycles. The van der Waals surface area contributed by atoms with Crippen LogP contribution in [-0.2, 0) is 14.3 Å². The van der Waals surface area contributed by atoms with Crippen LogP contribution in [0.2, 0.25) is 0 Å². The second-order valence-electron chi connectivity index (χ2n) is 2.97. The number of halogens is 2. The molecule has 4 nitrogen and oxygen atoms in total. The Balaban J connectivity index is 2.46. The number of hydrogen-bond acceptors (Lipinski definition) is 6. The van der Waals surface area contributed by atoms with Crippen LogP contribution in [0.25, 0.3) is 10.2 Å². The number of alkyl halides is 2. The Labute approximate surface area is 105 Å². The summed E-state index contributed by atoms with van der Waals surface area (Å²) in [5.74, 6) is 0. The van der Waals surface area contributed by atoms with E-state index in [2.05, 4.69) is 21.8 Å². The largest absolute Gasteiger partial charge is 0.419 e. The molecule has 0 spiro atoms. The topological polar surface area (TPSA) is 56.3 Å². The first-order chi connectivity index (χ1) is 7.78. The lowest BCUT2D eigenvalue weighted by Gasteiger charge is -2.07. The summed E-state index contributed by atoms with van der Waals surface area (Å²) in [7, 11) is -4.60. The van der Waals surface area contributed by atoms with Crippen LogP contribution in [0.15, 0.2) is 28.6 Å². The minimum atomic E-state index is -4.60. The number of rotatable bonds is 3. The van der Waals surface area contributed by atoms with Gasteiger partial charge in [0.1, 0.15) is 0 Å². The van der Waals surface area contributed by atoms with Crippen molar-refractivity contribution in [1.82, 2.24) is 4.98 Å². The number of fused-ring (bicyclic) bond motifs is 1. The fourth-order valence-corrected chi connectivity index (χ4v) is 3.44. The number of hydrogen-bond donors (Lipinski definition) is 1. The zero-order chi connectivity index (χ0) is 12.7. The molecule has 0 aliphatic heterocycles. The van der Waals surface area contributed by atoms with Crippen molar-refractivity contribution >= 4 is 44.3 Å². The van der Waals surface area contributed by atoms with E-state index in [0.717, 1.165) is 11.3 Å². The van der Waals surface area contributed by atoms with Crippen LogP contribution in [0.4, 0.5) is 8.78 Å². The van der Waals surface area contributed by atoms with Crippen LogP contribution in [0.3, 0.4) is 0 Å². The Hall–Kier alpha value is -0.770. The van der Waals surface area contributed by atoms with Gasteiger partial charge in [0, 0.05) is 0 Å². The molecule has 17 heavy (non-hydrogen) atoms. The first kappa shape index (κ1) is 12.7. The Kier molecular flexibility index (Phi) is 3.10. The van der Waals surface area contributed by atoms with Gasteiger partial charge in [0.15, 0.2) is 0 Å². The molecular weight excluding hydrogens is 292 g/mol. The lowest BCUT2D eigenvalue weighted by atomic mass is 10.3. The van der Waals surface area contributed by atoms with Crippen molar-refractivity contribution in [3.05, 3.63) is 24.3 Å². The van der Waals surface area contributed by atoms with E-state index in [4.69, 9.17) is 0 Å². The molecule has 92 valence electrons. The van der Waals surface area contributed by atoms with Crippen LogP contribution in [0.5, 0.6) is 0 Å². The van der Waals surface area contributed by atoms with Gasteiger partial charge in [-0.25, -0.2) is 4.98 Å². The maximum absolute atomic E-state index is 12.4. The summed E-state index contributed by atoms with van der Waals surface area (Å²) < 4.78 is 51.3. The van der Waals surface area contributed by atoms with Crippen molar-refractivity contribution in [1.29, 1.82) is 0 Å². The molecule has 1 aromatic carbocycles. The Morgan fingerprint density at radius 2 is 2.00 bits per heavy atom. The predicted molar refractivity (Wildman–Crippen MR) is 61.8 cm³/mol. The van der Waals surface area contributed by atoms with Crippen LogP contribution >= 0.6 is 24.0 Å². The number of thiol groups is 1. The van der Waals surface area contributed by atoms with Gasteiger partial charge in [-0.15, -0.1) is 11.3 Å². The van der Waals surface area contributed by atoms with E-state index >= 15 is 0 Å². The van der Waals surface area contributed by atoms with Gasteiger partial charge in [-0.05, 0) is 12.1 Å². The molecule has 2 aromatic rings. The summed E-state index contributed by atoms with van der Waals surface area (Å²) in [6, 6.07) is 6.55. The van der Waals surface area contributed by atoms with Gasteiger partial charge in [-0.1, -0.05) is 24.8 Å². The molecule has 0 radical (unpaired) electrons. The van der Waals surface area contributed by atoms with Crippen molar-refractivity contribution in [2.75, 3.05) is 0 Å². The summed E-state index contributed by atoms with van der Waals surface area (Å²) in [6.07, 6.45) is 0. The van der Waals surface area contributed by atoms with Crippen molar-refractivity contribution in [3.63, 3.8) is 0 Å². The molecule has 0 amide bonds. The summed E-state index contributed by atoms with van der Waals surface area (Å²) in [6.45, 7) is 0. The van der Waals surface area contributed by atoms with Crippen molar-refractivity contribution in [3.8, 4) is 0 Å². The molecule has 0 unspecified atom stereocenters. The first-order valence-corrected chi connectivity index (χ1v) is 6.86. The van der Waals surface area contributed by atoms with Crippen LogP contribution in [-0.4, -0.2) is 18.8 Å². The van der Waals surface area contributed by atoms with Crippen molar-refractivity contribution in [2.24, 2.45) is 0 Å². The van der Waals surface area contributed by atoms with Gasteiger partial charge in [-0.2, -0.15) is 21.4 Å². The van der Waals surface area contributed by atoms with Crippen LogP contribution in [0, 0.1) is 0 Å². The maximum atomic E-state index is 12.4. The number of thiazole rings is 1.